The van der Waals surface area contributed by atoms with Crippen molar-refractivity contribution in [2.24, 2.45) is 5.41 Å². The molecule has 2 N–H and O–H groups in total. The SMILES string of the molecule is CN(CC(=O)N(C)c1ccc2cc(-c3n[nH]c4c3CCC(C)(C)C4)[nH]c2c1)C(=O)OCc1ccccc1. The number of carbonyl (C=O) groups excluding carboxylic acids is 2. The molecular weight excluding hydrogens is 466 g/mol. The highest BCUT2D eigenvalue weighted by atomic mass is 16.6. The van der Waals surface area contributed by atoms with Crippen molar-refractivity contribution in [1.29, 1.82) is 0 Å². The third-order valence-corrected chi connectivity index (χ3v) is 7.17. The van der Waals surface area contributed by atoms with Gasteiger partial charge in [0.05, 0.1) is 5.69 Å². The highest BCUT2D eigenvalue weighted by Gasteiger charge is 2.29. The highest BCUT2D eigenvalue weighted by molar-refractivity contribution is 5.98. The van der Waals surface area contributed by atoms with Gasteiger partial charge in [-0.2, -0.15) is 5.10 Å². The fourth-order valence-corrected chi connectivity index (χ4v) is 4.87. The van der Waals surface area contributed by atoms with E-state index in [0.717, 1.165) is 52.8 Å². The molecule has 37 heavy (non-hydrogen) atoms. The summed E-state index contributed by atoms with van der Waals surface area (Å²) in [6.45, 7) is 4.67. The molecule has 8 heteroatoms. The lowest BCUT2D eigenvalue weighted by molar-refractivity contribution is -0.119. The molecule has 0 spiro atoms. The summed E-state index contributed by atoms with van der Waals surface area (Å²) in [5.74, 6) is -0.214. The Hall–Kier alpha value is -4.07. The van der Waals surface area contributed by atoms with Crippen molar-refractivity contribution < 1.29 is 14.3 Å². The molecule has 0 saturated carbocycles. The van der Waals surface area contributed by atoms with Crippen LogP contribution >= 0.6 is 0 Å². The fraction of sp³-hybridized carbons (Fsp3) is 0.345. The average molecular weight is 500 g/mol. The van der Waals surface area contributed by atoms with Crippen molar-refractivity contribution in [2.45, 2.75) is 39.7 Å². The van der Waals surface area contributed by atoms with Crippen molar-refractivity contribution in [3.05, 3.63) is 71.4 Å². The molecule has 0 saturated heterocycles. The second-order valence-electron chi connectivity index (χ2n) is 10.7. The first-order chi connectivity index (χ1) is 17.7. The number of hydrogen-bond donors (Lipinski definition) is 2. The van der Waals surface area contributed by atoms with E-state index in [9.17, 15) is 9.59 Å². The molecular formula is C29H33N5O3. The molecule has 2 amide bonds. The summed E-state index contributed by atoms with van der Waals surface area (Å²) >= 11 is 0. The largest absolute Gasteiger partial charge is 0.445 e. The number of nitrogens with zero attached hydrogens (tertiary/aromatic N) is 3. The van der Waals surface area contributed by atoms with E-state index in [1.165, 1.54) is 16.2 Å². The number of H-pyrrole nitrogens is 2. The number of carbonyl (C=O) groups is 2. The standard InChI is InChI=1S/C29H33N5O3/c1-29(2)13-12-22-25(16-29)31-32-27(22)24-14-20-10-11-21(15-23(20)30-24)34(4)26(35)17-33(3)28(36)37-18-19-8-6-5-7-9-19/h5-11,14-15,30H,12-13,16-18H2,1-4H3,(H,31,32). The van der Waals surface area contributed by atoms with Crippen LogP contribution in [0.4, 0.5) is 10.5 Å². The van der Waals surface area contributed by atoms with Crippen molar-refractivity contribution >= 4 is 28.6 Å². The number of aromatic amines is 2. The van der Waals surface area contributed by atoms with E-state index in [0.29, 0.717) is 0 Å². The molecule has 8 nitrogen and oxygen atoms in total. The van der Waals surface area contributed by atoms with Gasteiger partial charge in [-0.1, -0.05) is 50.2 Å². The van der Waals surface area contributed by atoms with Gasteiger partial charge in [-0.3, -0.25) is 9.89 Å². The lowest BCUT2D eigenvalue weighted by Crippen LogP contribution is -2.39. The zero-order chi connectivity index (χ0) is 26.2. The Morgan fingerprint density at radius 2 is 1.86 bits per heavy atom. The molecule has 0 radical (unpaired) electrons. The van der Waals surface area contributed by atoms with Gasteiger partial charge in [0.25, 0.3) is 0 Å². The van der Waals surface area contributed by atoms with Crippen LogP contribution in [0.3, 0.4) is 0 Å². The number of anilines is 1. The second kappa shape index (κ2) is 9.76. The smallest absolute Gasteiger partial charge is 0.410 e. The van der Waals surface area contributed by atoms with Gasteiger partial charge < -0.3 is 19.5 Å². The van der Waals surface area contributed by atoms with Crippen molar-refractivity contribution in [3.8, 4) is 11.4 Å². The maximum Gasteiger partial charge on any atom is 0.410 e. The minimum atomic E-state index is -0.541. The zero-order valence-electron chi connectivity index (χ0n) is 21.8. The number of hydrogen-bond acceptors (Lipinski definition) is 4. The monoisotopic (exact) mass is 499 g/mol. The molecule has 2 heterocycles. The first-order valence-corrected chi connectivity index (χ1v) is 12.6. The van der Waals surface area contributed by atoms with Crippen LogP contribution < -0.4 is 4.90 Å². The molecule has 5 rings (SSSR count). The van der Waals surface area contributed by atoms with Crippen molar-refractivity contribution in [2.75, 3.05) is 25.5 Å². The van der Waals surface area contributed by atoms with Gasteiger partial charge in [-0.15, -0.1) is 0 Å². The van der Waals surface area contributed by atoms with E-state index in [-0.39, 0.29) is 24.5 Å². The van der Waals surface area contributed by atoms with Crippen molar-refractivity contribution in [3.63, 3.8) is 0 Å². The number of rotatable bonds is 6. The third kappa shape index (κ3) is 5.23. The van der Waals surface area contributed by atoms with Crippen LogP contribution in [0.1, 0.15) is 37.1 Å². The van der Waals surface area contributed by atoms with Crippen LogP contribution in [0, 0.1) is 5.41 Å². The molecule has 2 aromatic carbocycles. The Kier molecular flexibility index (Phi) is 6.50. The summed E-state index contributed by atoms with van der Waals surface area (Å²) in [5, 5.41) is 8.93. The number of benzene rings is 2. The number of likely N-dealkylation sites (N-methyl/N-ethyl adjacent to an activating group) is 2. The Morgan fingerprint density at radius 1 is 1.08 bits per heavy atom. The van der Waals surface area contributed by atoms with Crippen molar-refractivity contribution in [1.82, 2.24) is 20.1 Å². The Labute approximate surface area is 216 Å². The number of ether oxygens (including phenoxy) is 1. The van der Waals surface area contributed by atoms with Crippen LogP contribution in [-0.2, 0) is 29.0 Å². The predicted octanol–water partition coefficient (Wildman–Crippen LogP) is 5.30. The minimum absolute atomic E-state index is 0.0894. The molecule has 2 aromatic heterocycles. The highest BCUT2D eigenvalue weighted by Crippen LogP contribution is 2.38. The molecule has 1 aliphatic carbocycles. The van der Waals surface area contributed by atoms with Gasteiger partial charge in [0.2, 0.25) is 5.91 Å². The molecule has 0 atom stereocenters. The van der Waals surface area contributed by atoms with E-state index in [1.54, 1.807) is 19.0 Å². The number of amides is 2. The Balaban J connectivity index is 1.25. The second-order valence-corrected chi connectivity index (χ2v) is 10.7. The molecule has 192 valence electrons. The van der Waals surface area contributed by atoms with Crippen LogP contribution in [0.2, 0.25) is 0 Å². The molecule has 0 bridgehead atoms. The zero-order valence-corrected chi connectivity index (χ0v) is 21.8. The summed E-state index contributed by atoms with van der Waals surface area (Å²) in [6, 6.07) is 17.4. The summed E-state index contributed by atoms with van der Waals surface area (Å²) < 4.78 is 5.33. The third-order valence-electron chi connectivity index (χ3n) is 7.17. The summed E-state index contributed by atoms with van der Waals surface area (Å²) in [5.41, 5.74) is 7.31. The maximum absolute atomic E-state index is 12.9. The maximum atomic E-state index is 12.9. The summed E-state index contributed by atoms with van der Waals surface area (Å²) in [4.78, 5) is 31.6. The van der Waals surface area contributed by atoms with Crippen LogP contribution in [0.15, 0.2) is 54.6 Å². The number of fused-ring (bicyclic) bond motifs is 2. The van der Waals surface area contributed by atoms with Crippen LogP contribution in [0.25, 0.3) is 22.3 Å². The van der Waals surface area contributed by atoms with Gasteiger partial charge in [0.1, 0.15) is 18.8 Å². The van der Waals surface area contributed by atoms with E-state index in [4.69, 9.17) is 4.74 Å². The Bertz CT molecular complexity index is 1440. The molecule has 0 aliphatic heterocycles. The number of nitrogens with one attached hydrogen (secondary N) is 2. The molecule has 0 unspecified atom stereocenters. The molecule has 1 aliphatic rings. The van der Waals surface area contributed by atoms with E-state index >= 15 is 0 Å². The molecule has 0 fully saturated rings. The lowest BCUT2D eigenvalue weighted by atomic mass is 9.76. The normalized spacial score (nSPS) is 14.3. The van der Waals surface area contributed by atoms with Gasteiger partial charge in [0.15, 0.2) is 0 Å². The molecule has 4 aromatic rings. The minimum Gasteiger partial charge on any atom is -0.445 e. The van der Waals surface area contributed by atoms with E-state index in [1.807, 2.05) is 48.5 Å². The first kappa shape index (κ1) is 24.6. The summed E-state index contributed by atoms with van der Waals surface area (Å²) in [6.07, 6.45) is 2.60. The fourth-order valence-electron chi connectivity index (χ4n) is 4.87. The average Bonchev–Trinajstić information content (AvgIpc) is 3.49. The summed E-state index contributed by atoms with van der Waals surface area (Å²) in [7, 11) is 3.27. The first-order valence-electron chi connectivity index (χ1n) is 12.6. The Morgan fingerprint density at radius 3 is 2.65 bits per heavy atom. The number of aromatic nitrogens is 3. The lowest BCUT2D eigenvalue weighted by Gasteiger charge is -2.28. The van der Waals surface area contributed by atoms with Gasteiger partial charge in [-0.25, -0.2) is 4.79 Å². The van der Waals surface area contributed by atoms with Gasteiger partial charge in [0, 0.05) is 41.9 Å². The van der Waals surface area contributed by atoms with Crippen LogP contribution in [0.5, 0.6) is 0 Å². The quantitative estimate of drug-likeness (QED) is 0.376. The predicted molar refractivity (Wildman–Crippen MR) is 144 cm³/mol. The topological polar surface area (TPSA) is 94.3 Å². The van der Waals surface area contributed by atoms with Gasteiger partial charge >= 0.3 is 6.09 Å². The van der Waals surface area contributed by atoms with Crippen LogP contribution in [-0.4, -0.2) is 52.7 Å². The van der Waals surface area contributed by atoms with Gasteiger partial charge in [-0.05, 0) is 48.4 Å². The van der Waals surface area contributed by atoms with E-state index < -0.39 is 6.09 Å². The van der Waals surface area contributed by atoms with E-state index in [2.05, 4.69) is 35.1 Å².